The number of benzene rings is 2. The van der Waals surface area contributed by atoms with Crippen molar-refractivity contribution in [2.45, 2.75) is 19.8 Å². The molecule has 2 aliphatic rings. The predicted octanol–water partition coefficient (Wildman–Crippen LogP) is 0.638. The molecular formula is C22H19N4O8-. The fourth-order valence-corrected chi connectivity index (χ4v) is 3.14. The van der Waals surface area contributed by atoms with Crippen molar-refractivity contribution in [3.05, 3.63) is 69.0 Å². The summed E-state index contributed by atoms with van der Waals surface area (Å²) in [6.45, 7) is 3.66. The van der Waals surface area contributed by atoms with E-state index in [1.54, 1.807) is 25.1 Å². The van der Waals surface area contributed by atoms with Crippen LogP contribution in [-0.2, 0) is 23.9 Å². The van der Waals surface area contributed by atoms with Gasteiger partial charge in [0.25, 0.3) is 11.7 Å². The Morgan fingerprint density at radius 1 is 1.06 bits per heavy atom. The number of nitrogens with zero attached hydrogens (tertiary/aromatic N) is 2. The smallest absolute Gasteiger partial charge is 0.375 e. The number of anilines is 1. The summed E-state index contributed by atoms with van der Waals surface area (Å²) in [5.74, 6) is -8.42. The van der Waals surface area contributed by atoms with E-state index >= 15 is 0 Å². The number of hydrogen-bond acceptors (Lipinski definition) is 9. The lowest BCUT2D eigenvalue weighted by Gasteiger charge is -2.17. The molecule has 34 heavy (non-hydrogen) atoms. The maximum atomic E-state index is 13.0. The number of hydrogen-bond donors (Lipinski definition) is 3. The van der Waals surface area contributed by atoms with Crippen LogP contribution in [0.25, 0.3) is 11.4 Å². The lowest BCUT2D eigenvalue weighted by molar-refractivity contribution is -0.154. The van der Waals surface area contributed by atoms with Crippen molar-refractivity contribution in [1.29, 1.82) is 0 Å². The number of carbonyl (C=O) groups is 4. The number of ketones is 2. The number of aromatic hydroxyl groups is 1. The summed E-state index contributed by atoms with van der Waals surface area (Å²) in [5.41, 5.74) is 1.50. The Labute approximate surface area is 192 Å². The fraction of sp³-hybridized carbons (Fsp3) is 0.182. The van der Waals surface area contributed by atoms with Crippen LogP contribution in [0.3, 0.4) is 0 Å². The van der Waals surface area contributed by atoms with Crippen LogP contribution in [-0.4, -0.2) is 45.6 Å². The molecule has 176 valence electrons. The Balaban J connectivity index is 2.07. The zero-order valence-electron chi connectivity index (χ0n) is 18.2. The van der Waals surface area contributed by atoms with E-state index in [1.807, 2.05) is 6.92 Å². The molecule has 1 amide bonds. The molecule has 3 rings (SSSR count). The summed E-state index contributed by atoms with van der Waals surface area (Å²) in [7, 11) is 0.913. The van der Waals surface area contributed by atoms with Crippen LogP contribution in [0.2, 0.25) is 0 Å². The third-order valence-electron chi connectivity index (χ3n) is 5.10. The van der Waals surface area contributed by atoms with E-state index < -0.39 is 45.8 Å². The molecule has 0 bridgehead atoms. The maximum absolute atomic E-state index is 13.0. The van der Waals surface area contributed by atoms with E-state index in [9.17, 15) is 34.7 Å². The van der Waals surface area contributed by atoms with Crippen LogP contribution >= 0.6 is 0 Å². The van der Waals surface area contributed by atoms with Crippen LogP contribution in [0.5, 0.6) is 5.88 Å². The van der Waals surface area contributed by atoms with Gasteiger partial charge in [0.15, 0.2) is 0 Å². The van der Waals surface area contributed by atoms with Crippen molar-refractivity contribution in [2.75, 3.05) is 12.4 Å². The number of aromatic nitrogens is 2. The third-order valence-corrected chi connectivity index (χ3v) is 5.10. The Morgan fingerprint density at radius 3 is 2.38 bits per heavy atom. The second-order valence-electron chi connectivity index (χ2n) is 7.34. The Hall–Kier alpha value is -4.74. The molecule has 1 unspecified atom stereocenters. The van der Waals surface area contributed by atoms with Gasteiger partial charge in [-0.1, -0.05) is 6.07 Å². The van der Waals surface area contributed by atoms with E-state index in [4.69, 9.17) is 0 Å². The zero-order valence-corrected chi connectivity index (χ0v) is 18.2. The number of fused-ring (bicyclic) bond motifs is 1. The van der Waals surface area contributed by atoms with Crippen molar-refractivity contribution in [3.63, 3.8) is 0 Å². The summed E-state index contributed by atoms with van der Waals surface area (Å²) in [6.07, 6.45) is 0. The maximum Gasteiger partial charge on any atom is 0.375 e. The van der Waals surface area contributed by atoms with Gasteiger partial charge in [0, 0.05) is 17.8 Å². The Kier molecular flexibility index (Phi) is 6.61. The molecule has 0 fully saturated rings. The lowest BCUT2D eigenvalue weighted by Crippen LogP contribution is -2.37. The highest BCUT2D eigenvalue weighted by Crippen LogP contribution is 2.29. The minimum Gasteiger partial charge on any atom is -0.612 e. The molecule has 0 saturated heterocycles. The largest absolute Gasteiger partial charge is 0.612 e. The molecule has 1 aromatic carbocycles. The standard InChI is InChI=1S/C22H19N4O8/c1-10-4-5-12(8-11(10)2)23-21(30)18(27)16(19(28)22(31)34-3)17-20(29)25-15-9-13(26(32)33)6-7-14(15)24-17/h4-9,16H,1-3H3,(H3-,23,24,25,27,28,29,30,31,32,33)/q-1. The molecule has 1 heterocycles. The van der Waals surface area contributed by atoms with Gasteiger partial charge < -0.3 is 30.6 Å². The number of nitrogens with one attached hydrogen (secondary N) is 2. The molecule has 0 radical (unpaired) electrons. The van der Waals surface area contributed by atoms with E-state index in [1.165, 1.54) is 6.07 Å². The Morgan fingerprint density at radius 2 is 1.76 bits per heavy atom. The molecule has 0 aromatic heterocycles. The first-order valence-electron chi connectivity index (χ1n) is 9.78. The summed E-state index contributed by atoms with van der Waals surface area (Å²) < 4.78 is 4.39. The predicted molar refractivity (Wildman–Crippen MR) is 118 cm³/mol. The van der Waals surface area contributed by atoms with Crippen molar-refractivity contribution in [3.8, 4) is 17.3 Å². The quantitative estimate of drug-likeness (QED) is 0.202. The lowest BCUT2D eigenvalue weighted by atomic mass is 9.93. The van der Waals surface area contributed by atoms with Crippen LogP contribution in [0.1, 0.15) is 22.7 Å². The summed E-state index contributed by atoms with van der Waals surface area (Å²) >= 11 is 0. The fourth-order valence-electron chi connectivity index (χ4n) is 3.14. The molecular weight excluding hydrogens is 448 g/mol. The second-order valence-corrected chi connectivity index (χ2v) is 7.34. The van der Waals surface area contributed by atoms with E-state index in [0.29, 0.717) is 0 Å². The molecule has 0 spiro atoms. The number of rotatable bonds is 6. The van der Waals surface area contributed by atoms with Gasteiger partial charge >= 0.3 is 5.97 Å². The number of methoxy groups -OCH3 is 1. The number of H-pyrrole nitrogens is 1. The average Bonchev–Trinajstić information content (AvgIpc) is 2.80. The van der Waals surface area contributed by atoms with Gasteiger partial charge in [0.05, 0.1) is 18.5 Å². The molecule has 12 heteroatoms. The first-order chi connectivity index (χ1) is 16.0. The number of amides is 1. The van der Waals surface area contributed by atoms with E-state index in [-0.39, 0.29) is 22.4 Å². The number of ether oxygens (including phenoxy) is 1. The monoisotopic (exact) mass is 467 g/mol. The van der Waals surface area contributed by atoms with Crippen LogP contribution in [0.15, 0.2) is 36.4 Å². The number of Topliss-reactive ketones (excluding diaryl/α,β-unsaturated/α-hetero) is 2. The van der Waals surface area contributed by atoms with Gasteiger partial charge in [0.1, 0.15) is 11.6 Å². The minimum atomic E-state index is -2.13. The van der Waals surface area contributed by atoms with E-state index in [2.05, 4.69) is 20.0 Å². The second kappa shape index (κ2) is 9.40. The van der Waals surface area contributed by atoms with Gasteiger partial charge in [-0.15, -0.1) is 0 Å². The van der Waals surface area contributed by atoms with Gasteiger partial charge in [-0.25, -0.2) is 9.78 Å². The molecule has 0 saturated carbocycles. The third kappa shape index (κ3) is 4.70. The van der Waals surface area contributed by atoms with Crippen molar-refractivity contribution < 1.29 is 29.0 Å². The Bertz CT molecular complexity index is 1360. The normalized spacial score (nSPS) is 11.5. The average molecular weight is 467 g/mol. The van der Waals surface area contributed by atoms with Crippen molar-refractivity contribution >= 4 is 29.1 Å². The molecule has 1 atom stereocenters. The molecule has 1 aliphatic carbocycles. The molecule has 12 nitrogen and oxygen atoms in total. The topological polar surface area (TPSA) is 188 Å². The van der Waals surface area contributed by atoms with Crippen LogP contribution in [0, 0.1) is 24.3 Å². The molecule has 1 aromatic rings. The van der Waals surface area contributed by atoms with Gasteiger partial charge in [-0.3, -0.25) is 14.4 Å². The number of carbonyl (C=O) groups excluding carboxylic acids is 4. The van der Waals surface area contributed by atoms with Gasteiger partial charge in [0.2, 0.25) is 17.0 Å². The number of esters is 1. The highest BCUT2D eigenvalue weighted by atomic mass is 16.8. The highest BCUT2D eigenvalue weighted by Gasteiger charge is 2.41. The summed E-state index contributed by atoms with van der Waals surface area (Å²) in [6, 6.07) is 8.30. The molecule has 1 aliphatic heterocycles. The highest BCUT2D eigenvalue weighted by molar-refractivity contribution is 6.52. The number of aromatic amines is 1. The summed E-state index contributed by atoms with van der Waals surface area (Å²) in [5, 5.41) is 34.4. The van der Waals surface area contributed by atoms with E-state index in [0.717, 1.165) is 30.4 Å². The zero-order chi connectivity index (χ0) is 25.2. The van der Waals surface area contributed by atoms with Gasteiger partial charge in [-0.05, 0) is 43.2 Å². The summed E-state index contributed by atoms with van der Waals surface area (Å²) in [4.78, 5) is 56.0. The number of aryl methyl sites for hydroxylation is 2. The first-order valence-corrected chi connectivity index (χ1v) is 9.78. The van der Waals surface area contributed by atoms with Crippen LogP contribution in [0.4, 0.5) is 5.69 Å². The molecule has 3 N–H and O–H groups in total. The minimum absolute atomic E-state index is 0.0201. The van der Waals surface area contributed by atoms with Crippen molar-refractivity contribution in [2.24, 2.45) is 0 Å². The SMILES string of the molecule is COC(=O)C(=O)C(C(=O)C(=O)Nc1ccc(C)c(C)c1)c1nc2ccc(=[N+]([O-])[O-])cc-2[nH]c1O. The first kappa shape index (κ1) is 23.9. The van der Waals surface area contributed by atoms with Crippen LogP contribution < -0.4 is 15.6 Å². The van der Waals surface area contributed by atoms with Crippen molar-refractivity contribution in [1.82, 2.24) is 14.9 Å². The van der Waals surface area contributed by atoms with Gasteiger partial charge in [-0.2, -0.15) is 4.90 Å².